The predicted octanol–water partition coefficient (Wildman–Crippen LogP) is 17.4. The van der Waals surface area contributed by atoms with E-state index in [1.807, 2.05) is 214 Å². The Morgan fingerprint density at radius 1 is 0.388 bits per heavy atom. The van der Waals surface area contributed by atoms with Crippen LogP contribution in [0.3, 0.4) is 0 Å². The summed E-state index contributed by atoms with van der Waals surface area (Å²) in [6, 6.07) is 75.2. The minimum atomic E-state index is -0.340. The van der Waals surface area contributed by atoms with Crippen molar-refractivity contribution in [2.24, 2.45) is 0 Å². The zero-order chi connectivity index (χ0) is 79.6. The van der Waals surface area contributed by atoms with E-state index in [4.69, 9.17) is 56.6 Å². The summed E-state index contributed by atoms with van der Waals surface area (Å²) in [4.78, 5) is 21.7. The van der Waals surface area contributed by atoms with Gasteiger partial charge in [0.25, 0.3) is 0 Å². The highest BCUT2D eigenvalue weighted by Crippen LogP contribution is 2.42. The molecule has 116 heavy (non-hydrogen) atoms. The van der Waals surface area contributed by atoms with Crippen molar-refractivity contribution in [3.8, 4) is 90.1 Å². The molecule has 19 rings (SSSR count). The number of aliphatic hydroxyl groups is 1. The number of hydrogen-bond acceptors (Lipinski definition) is 17. The molecule has 1 atom stereocenters. The van der Waals surface area contributed by atoms with Gasteiger partial charge in [0.2, 0.25) is 5.91 Å². The number of piperazine rings is 1. The van der Waals surface area contributed by atoms with E-state index in [-0.39, 0.29) is 24.4 Å². The lowest BCUT2D eigenvalue weighted by molar-refractivity contribution is -0.130. The maximum atomic E-state index is 13.5. The SMILES string of the molecule is C=Cn1nc(-c2ccccc2)c2c(Cl)c(-c3ccccc3)nnc21.CN1CCN(CCn2nc(-c3ccccc3)c3c(Cl)c(-c4ccccc4)nnc32)CC1.O=C(Cn1nc(-c2ccc(F)cc2)c2c(Cl)c(-c3ccccc3)nnc21)N1CCCC1.O[C@@H]1CCN(CCn2nc(-c3ccccc3)c3c(Cl)c(-c4ccccc4)nnc32)C1. The second-order valence-electron chi connectivity index (χ2n) is 28.4. The van der Waals surface area contributed by atoms with Gasteiger partial charge in [-0.05, 0) is 50.6 Å². The molecule has 0 bridgehead atoms. The number of aromatic nitrogens is 16. The number of hydrogen-bond donors (Lipinski definition) is 1. The molecule has 1 amide bonds. The highest BCUT2D eigenvalue weighted by Gasteiger charge is 2.29. The molecule has 8 aromatic heterocycles. The van der Waals surface area contributed by atoms with Gasteiger partial charge in [-0.25, -0.2) is 23.1 Å². The van der Waals surface area contributed by atoms with Gasteiger partial charge in [0.15, 0.2) is 22.6 Å². The molecule has 22 nitrogen and oxygen atoms in total. The minimum Gasteiger partial charge on any atom is -0.392 e. The lowest BCUT2D eigenvalue weighted by atomic mass is 10.1. The molecule has 582 valence electrons. The highest BCUT2D eigenvalue weighted by molar-refractivity contribution is 6.40. The Morgan fingerprint density at radius 3 is 1.07 bits per heavy atom. The van der Waals surface area contributed by atoms with Crippen molar-refractivity contribution in [3.05, 3.63) is 269 Å². The van der Waals surface area contributed by atoms with E-state index in [0.717, 1.165) is 163 Å². The van der Waals surface area contributed by atoms with Gasteiger partial charge >= 0.3 is 0 Å². The van der Waals surface area contributed by atoms with Crippen molar-refractivity contribution < 1.29 is 14.3 Å². The minimum absolute atomic E-state index is 0.0161. The molecule has 0 saturated carbocycles. The van der Waals surface area contributed by atoms with Crippen LogP contribution < -0.4 is 0 Å². The Labute approximate surface area is 688 Å². The van der Waals surface area contributed by atoms with Gasteiger partial charge < -0.3 is 14.9 Å². The average Bonchev–Trinajstić information content (AvgIpc) is 1.61. The molecule has 16 aromatic rings. The van der Waals surface area contributed by atoms with Crippen LogP contribution in [0, 0.1) is 5.82 Å². The first-order chi connectivity index (χ1) is 56.8. The fraction of sp³-hybridized carbons (Fsp3) is 0.202. The number of rotatable bonds is 17. The van der Waals surface area contributed by atoms with Crippen molar-refractivity contribution in [2.45, 2.75) is 45.0 Å². The number of fused-ring (bicyclic) bond motifs is 4. The van der Waals surface area contributed by atoms with Gasteiger partial charge in [0.05, 0.1) is 60.8 Å². The summed E-state index contributed by atoms with van der Waals surface area (Å²) in [5.74, 6) is -0.356. The molecule has 0 aliphatic carbocycles. The van der Waals surface area contributed by atoms with Crippen LogP contribution in [0.5, 0.6) is 0 Å². The third kappa shape index (κ3) is 17.0. The van der Waals surface area contributed by atoms with Crippen molar-refractivity contribution >= 4 is 103 Å². The van der Waals surface area contributed by atoms with Crippen molar-refractivity contribution in [3.63, 3.8) is 0 Å². The molecule has 3 saturated heterocycles. The number of nitrogens with zero attached hydrogens (tertiary/aromatic N) is 20. The molecule has 8 aromatic carbocycles. The summed E-state index contributed by atoms with van der Waals surface area (Å²) in [6.45, 7) is 14.4. The van der Waals surface area contributed by atoms with E-state index >= 15 is 0 Å². The molecule has 11 heterocycles. The third-order valence-electron chi connectivity index (χ3n) is 20.8. The number of β-amino-alcohol motifs (C(OH)–C–C–N with tert-alkyl or cyclic N) is 1. The number of benzene rings is 8. The Balaban J connectivity index is 0.000000117. The summed E-state index contributed by atoms with van der Waals surface area (Å²) in [5, 5.41) is 69.4. The summed E-state index contributed by atoms with van der Waals surface area (Å²) < 4.78 is 20.5. The molecule has 1 N–H and O–H groups in total. The first-order valence-corrected chi connectivity index (χ1v) is 39.9. The van der Waals surface area contributed by atoms with Crippen molar-refractivity contribution in [1.29, 1.82) is 0 Å². The standard InChI is InChI=1S/C24H25ClN6.C23H19ClFN5O.C23H22ClN5O.C19H13ClN4/c1-29-12-14-30(15-13-29)16-17-31-24-20(22(28-31)18-8-4-2-5-9-18)21(25)23(26-27-24)19-10-6-3-7-11-19;24-20-19-21(16-8-10-17(25)11-9-16)28-30(14-18(31)29-12-4-5-13-29)23(19)27-26-22(20)15-6-2-1-3-7-15;24-20-19-21(16-7-3-1-4-8-16)27-29(14-13-28-12-11-18(30)15-28)23(19)26-25-22(20)17-9-5-2-6-10-17;1-2-24-19-15(17(23-24)13-9-5-3-6-10-13)16(20)18(21-22-19)14-11-7-4-8-12-14/h2-11H,12-17H2,1H3;1-3,6-11H,4-5,12-14H2;1-10,18,30H,11-15H2;2-12H,1H2/t;;18-;/m..1./s1. The predicted molar refractivity (Wildman–Crippen MR) is 458 cm³/mol. The second kappa shape index (κ2) is 35.9. The number of halogens is 5. The van der Waals surface area contributed by atoms with Crippen LogP contribution in [-0.4, -0.2) is 189 Å². The number of amides is 1. The molecule has 0 spiro atoms. The first kappa shape index (κ1) is 78.0. The number of aliphatic hydroxyl groups excluding tert-OH is 1. The smallest absolute Gasteiger partial charge is 0.244 e. The Hall–Kier alpha value is -11.9. The Kier molecular flexibility index (Phi) is 24.1. The summed E-state index contributed by atoms with van der Waals surface area (Å²) >= 11 is 27.4. The topological polar surface area (TPSA) is 225 Å². The van der Waals surface area contributed by atoms with Crippen LogP contribution >= 0.6 is 46.4 Å². The normalized spacial score (nSPS) is 14.5. The average molecular weight is 1620 g/mol. The Morgan fingerprint density at radius 2 is 0.707 bits per heavy atom. The first-order valence-electron chi connectivity index (χ1n) is 38.4. The fourth-order valence-corrected chi connectivity index (χ4v) is 15.9. The summed E-state index contributed by atoms with van der Waals surface area (Å²) in [7, 11) is 2.17. The largest absolute Gasteiger partial charge is 0.392 e. The van der Waals surface area contributed by atoms with Crippen LogP contribution in [-0.2, 0) is 24.4 Å². The van der Waals surface area contributed by atoms with Crippen LogP contribution in [0.15, 0.2) is 243 Å². The van der Waals surface area contributed by atoms with Crippen molar-refractivity contribution in [2.75, 3.05) is 72.5 Å². The van der Waals surface area contributed by atoms with Crippen LogP contribution in [0.4, 0.5) is 4.39 Å². The molecule has 3 aliphatic rings. The number of likely N-dealkylation sites (N-methyl/N-ethyl adjacent to an activating group) is 1. The summed E-state index contributed by atoms with van der Waals surface area (Å²) in [6.07, 6.45) is 4.21. The number of likely N-dealkylation sites (tertiary alicyclic amines) is 2. The maximum absolute atomic E-state index is 13.5. The van der Waals surface area contributed by atoms with Gasteiger partial charge in [-0.2, -0.15) is 20.4 Å². The van der Waals surface area contributed by atoms with E-state index in [1.54, 1.807) is 27.7 Å². The zero-order valence-corrected chi connectivity index (χ0v) is 66.4. The fourth-order valence-electron chi connectivity index (χ4n) is 14.7. The van der Waals surface area contributed by atoms with E-state index in [0.29, 0.717) is 89.5 Å². The lowest BCUT2D eigenvalue weighted by Gasteiger charge is -2.32. The second-order valence-corrected chi connectivity index (χ2v) is 29.9. The van der Waals surface area contributed by atoms with E-state index in [9.17, 15) is 14.3 Å². The lowest BCUT2D eigenvalue weighted by Crippen LogP contribution is -2.45. The van der Waals surface area contributed by atoms with Gasteiger partial charge in [0.1, 0.15) is 57.9 Å². The maximum Gasteiger partial charge on any atom is 0.244 e. The van der Waals surface area contributed by atoms with E-state index in [1.165, 1.54) is 12.1 Å². The molecule has 0 unspecified atom stereocenters. The molecular formula is C89H79Cl4FN20O2. The summed E-state index contributed by atoms with van der Waals surface area (Å²) in [5.41, 5.74) is 15.2. The quantitative estimate of drug-likeness (QED) is 0.0894. The molecule has 0 radical (unpaired) electrons. The van der Waals surface area contributed by atoms with Gasteiger partial charge in [0, 0.05) is 116 Å². The highest BCUT2D eigenvalue weighted by atomic mass is 35.5. The number of carbonyl (C=O) groups is 1. The molecule has 27 heteroatoms. The van der Waals surface area contributed by atoms with E-state index < -0.39 is 0 Å². The zero-order valence-electron chi connectivity index (χ0n) is 63.4. The number of carbonyl (C=O) groups excluding carboxylic acids is 1. The molecule has 3 fully saturated rings. The van der Waals surface area contributed by atoms with Crippen molar-refractivity contribution in [1.82, 2.24) is 99.5 Å². The van der Waals surface area contributed by atoms with E-state index in [2.05, 4.69) is 91.4 Å². The van der Waals surface area contributed by atoms with Crippen LogP contribution in [0.25, 0.3) is 140 Å². The monoisotopic (exact) mass is 1620 g/mol. The molecule has 3 aliphatic heterocycles. The Bertz CT molecular complexity index is 6100. The van der Waals surface area contributed by atoms with Gasteiger partial charge in [-0.1, -0.05) is 265 Å². The van der Waals surface area contributed by atoms with Crippen LogP contribution in [0.2, 0.25) is 20.1 Å². The molecular weight excluding hydrogens is 1540 g/mol. The van der Waals surface area contributed by atoms with Crippen LogP contribution in [0.1, 0.15) is 19.3 Å². The van der Waals surface area contributed by atoms with Gasteiger partial charge in [-0.3, -0.25) is 14.6 Å². The van der Waals surface area contributed by atoms with Gasteiger partial charge in [-0.15, -0.1) is 40.8 Å². The third-order valence-corrected chi connectivity index (χ3v) is 22.3.